The van der Waals surface area contributed by atoms with Crippen LogP contribution in [-0.2, 0) is 26.3 Å². The number of fused-ring (bicyclic) bond motifs is 2. The van der Waals surface area contributed by atoms with Crippen molar-refractivity contribution in [1.82, 2.24) is 9.47 Å². The fourth-order valence-corrected chi connectivity index (χ4v) is 8.94. The maximum atomic E-state index is 13.4. The lowest BCUT2D eigenvalue weighted by Gasteiger charge is -2.42. The second-order valence-electron chi connectivity index (χ2n) is 12.4. The van der Waals surface area contributed by atoms with Crippen LogP contribution in [0.1, 0.15) is 30.5 Å². The third kappa shape index (κ3) is 5.85. The number of carboxylic acids is 2. The average Bonchev–Trinajstić information content (AvgIpc) is 3.54. The Labute approximate surface area is 300 Å². The molecule has 1 aromatic heterocycles. The van der Waals surface area contributed by atoms with Crippen molar-refractivity contribution in [2.24, 2.45) is 0 Å². The molecule has 12 heteroatoms. The van der Waals surface area contributed by atoms with Gasteiger partial charge in [-0.15, -0.1) is 11.3 Å². The predicted octanol–water partition coefficient (Wildman–Crippen LogP) is 5.65. The van der Waals surface area contributed by atoms with Crippen LogP contribution in [-0.4, -0.2) is 48.4 Å². The van der Waals surface area contributed by atoms with Gasteiger partial charge in [-0.2, -0.15) is 0 Å². The van der Waals surface area contributed by atoms with E-state index in [0.717, 1.165) is 60.8 Å². The van der Waals surface area contributed by atoms with E-state index in [0.29, 0.717) is 5.56 Å². The number of rotatable bonds is 7. The third-order valence-corrected chi connectivity index (χ3v) is 11.5. The summed E-state index contributed by atoms with van der Waals surface area (Å²) in [5.41, 5.74) is 7.66. The smallest absolute Gasteiger partial charge is 0.323 e. The van der Waals surface area contributed by atoms with E-state index in [1.54, 1.807) is 6.08 Å². The Kier molecular flexibility index (Phi) is 8.54. The van der Waals surface area contributed by atoms with Crippen LogP contribution in [0.5, 0.6) is 0 Å². The maximum absolute atomic E-state index is 13.4. The van der Waals surface area contributed by atoms with E-state index in [2.05, 4.69) is 73.3 Å². The molecule has 2 N–H and O–H groups in total. The number of hydrogen-bond acceptors (Lipinski definition) is 8. The van der Waals surface area contributed by atoms with E-state index >= 15 is 0 Å². The fourth-order valence-electron chi connectivity index (χ4n) is 6.43. The number of hydrogen-bond donors (Lipinski definition) is 2. The quantitative estimate of drug-likeness (QED) is 0.206. The number of thiazole rings is 1. The van der Waals surface area contributed by atoms with Gasteiger partial charge in [0, 0.05) is 11.1 Å². The van der Waals surface area contributed by atoms with Gasteiger partial charge in [0.15, 0.2) is 0 Å². The van der Waals surface area contributed by atoms with Crippen LogP contribution in [0.4, 0.5) is 17.1 Å². The van der Waals surface area contributed by atoms with Crippen molar-refractivity contribution in [2.75, 3.05) is 11.4 Å². The molecule has 4 aromatic carbocycles. The van der Waals surface area contributed by atoms with E-state index in [4.69, 9.17) is 12.2 Å². The molecule has 5 aromatic rings. The molecular weight excluding hydrogens is 691 g/mol. The standard InChI is InChI=1S/C38H29N3O6S3/c1-38(2)26-10-6-7-11-28(26)41(25-8-4-3-5-9-25)29-17-16-24(19-27(29)38)23-14-12-22(13-15-23)18-30-34(46)39(20-31(42)43)36(49-30)33-35(47)40(21-32(44)45)37(48)50-33/h3-19H,20-21H2,1-2H3,(H,42,43)(H,44,45)/b30-18-,36-33-. The van der Waals surface area contributed by atoms with Crippen LogP contribution in [0, 0.1) is 0 Å². The summed E-state index contributed by atoms with van der Waals surface area (Å²) in [7, 11) is 0. The lowest BCUT2D eigenvalue weighted by Crippen LogP contribution is -2.36. The van der Waals surface area contributed by atoms with Crippen molar-refractivity contribution in [3.05, 3.63) is 133 Å². The van der Waals surface area contributed by atoms with E-state index in [1.165, 1.54) is 11.1 Å². The van der Waals surface area contributed by atoms with Crippen molar-refractivity contribution in [2.45, 2.75) is 25.8 Å². The van der Waals surface area contributed by atoms with Crippen molar-refractivity contribution < 1.29 is 24.6 Å². The van der Waals surface area contributed by atoms with Crippen LogP contribution >= 0.6 is 35.3 Å². The lowest BCUT2D eigenvalue weighted by molar-refractivity contribution is -0.140. The molecule has 7 rings (SSSR count). The zero-order chi connectivity index (χ0) is 35.3. The highest BCUT2D eigenvalue weighted by atomic mass is 32.2. The van der Waals surface area contributed by atoms with Crippen LogP contribution in [0.25, 0.3) is 22.1 Å². The first-order chi connectivity index (χ1) is 23.9. The van der Waals surface area contributed by atoms with Crippen molar-refractivity contribution in [3.63, 3.8) is 0 Å². The van der Waals surface area contributed by atoms with Gasteiger partial charge in [0.05, 0.1) is 15.9 Å². The van der Waals surface area contributed by atoms with Crippen molar-refractivity contribution >= 4 is 85.5 Å². The molecule has 1 amide bonds. The van der Waals surface area contributed by atoms with Crippen molar-refractivity contribution in [3.8, 4) is 11.1 Å². The number of carbonyl (C=O) groups excluding carboxylic acids is 1. The molecule has 1 saturated heterocycles. The molecule has 0 bridgehead atoms. The van der Waals surface area contributed by atoms with Gasteiger partial charge in [0.1, 0.15) is 27.0 Å². The second kappa shape index (κ2) is 12.9. The summed E-state index contributed by atoms with van der Waals surface area (Å²) in [6.07, 6.45) is 1.65. The normalized spacial score (nSPS) is 16.4. The molecule has 9 nitrogen and oxygen atoms in total. The number of benzene rings is 4. The number of nitrogens with zero attached hydrogens (tertiary/aromatic N) is 3. The van der Waals surface area contributed by atoms with E-state index in [9.17, 15) is 29.4 Å². The molecule has 0 spiro atoms. The number of anilines is 3. The SMILES string of the molecule is CC1(C)c2ccccc2N(c2ccccc2)c2ccc(-c3ccc(/C=c4\s/c(=C5\SC(=S)N(CC(=O)O)C5=O)n(CC(=O)O)c4=O)cc3)cc21. The van der Waals surface area contributed by atoms with Gasteiger partial charge >= 0.3 is 11.9 Å². The van der Waals surface area contributed by atoms with Crippen molar-refractivity contribution in [1.29, 1.82) is 0 Å². The molecule has 0 saturated carbocycles. The van der Waals surface area contributed by atoms with Gasteiger partial charge in [-0.1, -0.05) is 105 Å². The third-order valence-electron chi connectivity index (χ3n) is 8.82. The highest BCUT2D eigenvalue weighted by Gasteiger charge is 2.37. The van der Waals surface area contributed by atoms with Crippen LogP contribution in [0.3, 0.4) is 0 Å². The minimum absolute atomic E-state index is 0.0263. The number of para-hydroxylation sites is 2. The molecule has 0 aliphatic carbocycles. The Bertz CT molecular complexity index is 2420. The molecule has 0 unspecified atom stereocenters. The summed E-state index contributed by atoms with van der Waals surface area (Å²) < 4.78 is 1.39. The summed E-state index contributed by atoms with van der Waals surface area (Å²) in [5, 5.41) is 18.7. The lowest BCUT2D eigenvalue weighted by atomic mass is 9.73. The first-order valence-electron chi connectivity index (χ1n) is 15.6. The van der Waals surface area contributed by atoms with E-state index in [-0.39, 0.29) is 23.8 Å². The molecule has 50 heavy (non-hydrogen) atoms. The number of aromatic nitrogens is 1. The van der Waals surface area contributed by atoms with Crippen LogP contribution < -0.4 is 19.7 Å². The summed E-state index contributed by atoms with van der Waals surface area (Å²) in [6, 6.07) is 33.1. The zero-order valence-electron chi connectivity index (χ0n) is 26.8. The number of carbonyl (C=O) groups is 3. The molecule has 3 heterocycles. The molecule has 2 aliphatic rings. The van der Waals surface area contributed by atoms with Gasteiger partial charge < -0.3 is 15.1 Å². The van der Waals surface area contributed by atoms with E-state index < -0.39 is 36.5 Å². The Hall–Kier alpha value is -5.30. The number of carboxylic acid groups (broad SMARTS) is 2. The summed E-state index contributed by atoms with van der Waals surface area (Å²) >= 11 is 7.03. The summed E-state index contributed by atoms with van der Waals surface area (Å²) in [6.45, 7) is 3.19. The molecule has 250 valence electrons. The topological polar surface area (TPSA) is 120 Å². The van der Waals surface area contributed by atoms with Crippen LogP contribution in [0.2, 0.25) is 0 Å². The molecule has 1 fully saturated rings. The fraction of sp³-hybridized carbons (Fsp3) is 0.132. The summed E-state index contributed by atoms with van der Waals surface area (Å²) in [4.78, 5) is 52.7. The Morgan fingerprint density at radius 1 is 0.800 bits per heavy atom. The number of aliphatic carboxylic acids is 2. The number of thioether (sulfide) groups is 1. The Morgan fingerprint density at radius 2 is 1.44 bits per heavy atom. The number of thiocarbonyl (C=S) groups is 1. The summed E-state index contributed by atoms with van der Waals surface area (Å²) in [5.74, 6) is -3.18. The average molecular weight is 720 g/mol. The monoisotopic (exact) mass is 719 g/mol. The second-order valence-corrected chi connectivity index (χ2v) is 15.0. The minimum atomic E-state index is -1.26. The minimum Gasteiger partial charge on any atom is -0.480 e. The zero-order valence-corrected chi connectivity index (χ0v) is 29.3. The Balaban J connectivity index is 1.27. The molecular formula is C38H29N3O6S3. The van der Waals surface area contributed by atoms with E-state index in [1.807, 2.05) is 42.5 Å². The first kappa shape index (κ1) is 33.2. The molecule has 2 aliphatic heterocycles. The number of amides is 1. The van der Waals surface area contributed by atoms with Gasteiger partial charge in [0.2, 0.25) is 0 Å². The highest BCUT2D eigenvalue weighted by molar-refractivity contribution is 8.30. The first-order valence-corrected chi connectivity index (χ1v) is 17.6. The predicted molar refractivity (Wildman–Crippen MR) is 201 cm³/mol. The van der Waals surface area contributed by atoms with Gasteiger partial charge in [-0.25, -0.2) is 0 Å². The van der Waals surface area contributed by atoms with Gasteiger partial charge in [-0.3, -0.25) is 28.6 Å². The Morgan fingerprint density at radius 3 is 2.14 bits per heavy atom. The van der Waals surface area contributed by atoms with Gasteiger partial charge in [0.25, 0.3) is 11.5 Å². The highest BCUT2D eigenvalue weighted by Crippen LogP contribution is 2.52. The van der Waals surface area contributed by atoms with Crippen LogP contribution in [0.15, 0.2) is 102 Å². The molecule has 0 atom stereocenters. The van der Waals surface area contributed by atoms with Gasteiger partial charge in [-0.05, 0) is 64.2 Å². The maximum Gasteiger partial charge on any atom is 0.323 e. The molecule has 0 radical (unpaired) electrons. The largest absolute Gasteiger partial charge is 0.480 e.